The topological polar surface area (TPSA) is 84.4 Å². The second-order valence-corrected chi connectivity index (χ2v) is 9.25. The number of benzene rings is 2. The molecule has 0 aliphatic heterocycles. The minimum Gasteiger partial charge on any atom is -0.497 e. The first kappa shape index (κ1) is 22.1. The average molecular weight is 451 g/mol. The summed E-state index contributed by atoms with van der Waals surface area (Å²) in [5.74, 6) is 1.01. The van der Waals surface area contributed by atoms with E-state index in [1.54, 1.807) is 31.2 Å². The molecular formula is C20H23FN4O3S2. The zero-order chi connectivity index (χ0) is 21.7. The minimum absolute atomic E-state index is 0.179. The van der Waals surface area contributed by atoms with Gasteiger partial charge in [0.2, 0.25) is 15.2 Å². The molecule has 1 aromatic heterocycles. The Labute approximate surface area is 179 Å². The molecule has 0 saturated carbocycles. The van der Waals surface area contributed by atoms with Crippen molar-refractivity contribution >= 4 is 26.7 Å². The Morgan fingerprint density at radius 3 is 2.60 bits per heavy atom. The van der Waals surface area contributed by atoms with Crippen LogP contribution >= 0.6 is 11.5 Å². The number of aryl methyl sites for hydroxylation is 1. The van der Waals surface area contributed by atoms with Gasteiger partial charge in [-0.05, 0) is 48.4 Å². The average Bonchev–Trinajstić information content (AvgIpc) is 3.19. The molecule has 10 heteroatoms. The van der Waals surface area contributed by atoms with Gasteiger partial charge in [0.25, 0.3) is 0 Å². The molecule has 1 heterocycles. The molecule has 160 valence electrons. The lowest BCUT2D eigenvalue weighted by Gasteiger charge is -2.15. The van der Waals surface area contributed by atoms with Crippen molar-refractivity contribution in [3.63, 3.8) is 0 Å². The fourth-order valence-corrected chi connectivity index (χ4v) is 4.44. The van der Waals surface area contributed by atoms with E-state index in [-0.39, 0.29) is 17.3 Å². The van der Waals surface area contributed by atoms with Crippen molar-refractivity contribution in [2.45, 2.75) is 18.2 Å². The SMILES string of the molecule is COc1ccc(S(=O)(=O)NCCN(C)c2nc(Cc3ccc(F)c(C)c3)ns2)cc1. The Morgan fingerprint density at radius 1 is 1.20 bits per heavy atom. The molecule has 0 spiro atoms. The Morgan fingerprint density at radius 2 is 1.93 bits per heavy atom. The van der Waals surface area contributed by atoms with E-state index in [1.807, 2.05) is 11.9 Å². The van der Waals surface area contributed by atoms with Crippen molar-refractivity contribution in [1.82, 2.24) is 14.1 Å². The van der Waals surface area contributed by atoms with Gasteiger partial charge in [-0.15, -0.1) is 0 Å². The van der Waals surface area contributed by atoms with Gasteiger partial charge in [-0.25, -0.2) is 22.5 Å². The van der Waals surface area contributed by atoms with Crippen LogP contribution in [0, 0.1) is 12.7 Å². The van der Waals surface area contributed by atoms with Gasteiger partial charge < -0.3 is 9.64 Å². The van der Waals surface area contributed by atoms with Crippen molar-refractivity contribution in [3.8, 4) is 5.75 Å². The predicted octanol–water partition coefficient (Wildman–Crippen LogP) is 3.00. The van der Waals surface area contributed by atoms with Crippen LogP contribution in [0.4, 0.5) is 9.52 Å². The Kier molecular flexibility index (Phi) is 7.01. The van der Waals surface area contributed by atoms with Crippen molar-refractivity contribution in [2.75, 3.05) is 32.1 Å². The summed E-state index contributed by atoms with van der Waals surface area (Å²) in [5, 5.41) is 0.687. The number of nitrogens with one attached hydrogen (secondary N) is 1. The molecule has 7 nitrogen and oxygen atoms in total. The first-order valence-corrected chi connectivity index (χ1v) is 11.5. The molecule has 3 aromatic rings. The molecular weight excluding hydrogens is 427 g/mol. The van der Waals surface area contributed by atoms with Crippen LogP contribution in [0.3, 0.4) is 0 Å². The van der Waals surface area contributed by atoms with E-state index in [0.717, 1.165) is 5.56 Å². The van der Waals surface area contributed by atoms with E-state index in [2.05, 4.69) is 14.1 Å². The standard InChI is InChI=1S/C20H23FN4O3S2/c1-14-12-15(4-9-18(14)21)13-19-23-20(29-24-19)25(2)11-10-22-30(26,27)17-7-5-16(28-3)6-8-17/h4-9,12,22H,10-11,13H2,1-3H3. The molecule has 2 aromatic carbocycles. The van der Waals surface area contributed by atoms with E-state index in [0.29, 0.717) is 35.2 Å². The second kappa shape index (κ2) is 9.50. The van der Waals surface area contributed by atoms with Gasteiger partial charge in [-0.2, -0.15) is 4.37 Å². The second-order valence-electron chi connectivity index (χ2n) is 6.75. The van der Waals surface area contributed by atoms with E-state index in [1.165, 1.54) is 36.8 Å². The number of methoxy groups -OCH3 is 1. The lowest BCUT2D eigenvalue weighted by Crippen LogP contribution is -2.33. The predicted molar refractivity (Wildman–Crippen MR) is 115 cm³/mol. The van der Waals surface area contributed by atoms with Gasteiger partial charge in [0, 0.05) is 38.1 Å². The van der Waals surface area contributed by atoms with Gasteiger partial charge in [-0.3, -0.25) is 0 Å². The fraction of sp³-hybridized carbons (Fsp3) is 0.300. The molecule has 0 amide bonds. The molecule has 0 fully saturated rings. The number of sulfonamides is 1. The zero-order valence-corrected chi connectivity index (χ0v) is 18.6. The van der Waals surface area contributed by atoms with Crippen LogP contribution < -0.4 is 14.4 Å². The lowest BCUT2D eigenvalue weighted by molar-refractivity contribution is 0.414. The summed E-state index contributed by atoms with van der Waals surface area (Å²) in [6.45, 7) is 2.37. The van der Waals surface area contributed by atoms with Crippen LogP contribution in [0.25, 0.3) is 0 Å². The first-order chi connectivity index (χ1) is 14.3. The highest BCUT2D eigenvalue weighted by Crippen LogP contribution is 2.19. The van der Waals surface area contributed by atoms with Gasteiger partial charge in [0.1, 0.15) is 17.4 Å². The Hall–Kier alpha value is -2.56. The molecule has 0 bridgehead atoms. The first-order valence-electron chi connectivity index (χ1n) is 9.21. The number of aromatic nitrogens is 2. The maximum atomic E-state index is 13.4. The third kappa shape index (κ3) is 5.53. The molecule has 0 atom stereocenters. The summed E-state index contributed by atoms with van der Waals surface area (Å²) in [6, 6.07) is 11.2. The molecule has 0 saturated heterocycles. The Bertz CT molecular complexity index is 1100. The highest BCUT2D eigenvalue weighted by atomic mass is 32.2. The van der Waals surface area contributed by atoms with E-state index in [9.17, 15) is 12.8 Å². The summed E-state index contributed by atoms with van der Waals surface area (Å²) in [6.07, 6.45) is 0.509. The number of hydrogen-bond donors (Lipinski definition) is 1. The number of nitrogens with zero attached hydrogens (tertiary/aromatic N) is 3. The summed E-state index contributed by atoms with van der Waals surface area (Å²) in [7, 11) is -0.249. The van der Waals surface area contributed by atoms with Crippen LogP contribution in [-0.2, 0) is 16.4 Å². The number of rotatable bonds is 9. The van der Waals surface area contributed by atoms with Crippen LogP contribution in [0.15, 0.2) is 47.4 Å². The Balaban J connectivity index is 1.54. The highest BCUT2D eigenvalue weighted by molar-refractivity contribution is 7.89. The van der Waals surface area contributed by atoms with Crippen LogP contribution in [0.1, 0.15) is 17.0 Å². The molecule has 0 aliphatic carbocycles. The van der Waals surface area contributed by atoms with Gasteiger partial charge in [0.15, 0.2) is 0 Å². The van der Waals surface area contributed by atoms with Crippen LogP contribution in [0.2, 0.25) is 0 Å². The maximum Gasteiger partial charge on any atom is 0.240 e. The third-order valence-electron chi connectivity index (χ3n) is 4.48. The monoisotopic (exact) mass is 450 g/mol. The van der Waals surface area contributed by atoms with Crippen molar-refractivity contribution < 1.29 is 17.5 Å². The number of likely N-dealkylation sites (N-methyl/N-ethyl adjacent to an activating group) is 1. The minimum atomic E-state index is -3.60. The summed E-state index contributed by atoms with van der Waals surface area (Å²) in [5.41, 5.74) is 1.53. The van der Waals surface area contributed by atoms with Gasteiger partial charge >= 0.3 is 0 Å². The normalized spacial score (nSPS) is 11.5. The van der Waals surface area contributed by atoms with Crippen molar-refractivity contribution in [1.29, 1.82) is 0 Å². The van der Waals surface area contributed by atoms with Gasteiger partial charge in [-0.1, -0.05) is 12.1 Å². The third-order valence-corrected chi connectivity index (χ3v) is 6.82. The number of anilines is 1. The van der Waals surface area contributed by atoms with Crippen LogP contribution in [0.5, 0.6) is 5.75 Å². The molecule has 30 heavy (non-hydrogen) atoms. The lowest BCUT2D eigenvalue weighted by atomic mass is 10.1. The zero-order valence-electron chi connectivity index (χ0n) is 16.9. The van der Waals surface area contributed by atoms with Gasteiger partial charge in [0.05, 0.1) is 12.0 Å². The van der Waals surface area contributed by atoms with Crippen LogP contribution in [-0.4, -0.2) is 45.0 Å². The molecule has 3 rings (SSSR count). The summed E-state index contributed by atoms with van der Waals surface area (Å²) in [4.78, 5) is 6.52. The van der Waals surface area contributed by atoms with Crippen molar-refractivity contribution in [2.24, 2.45) is 0 Å². The van der Waals surface area contributed by atoms with E-state index < -0.39 is 10.0 Å². The highest BCUT2D eigenvalue weighted by Gasteiger charge is 2.15. The van der Waals surface area contributed by atoms with Crippen molar-refractivity contribution in [3.05, 3.63) is 65.2 Å². The number of ether oxygens (including phenoxy) is 1. The molecule has 1 N–H and O–H groups in total. The van der Waals surface area contributed by atoms with E-state index in [4.69, 9.17) is 4.74 Å². The number of hydrogen-bond acceptors (Lipinski definition) is 7. The fourth-order valence-electron chi connectivity index (χ4n) is 2.75. The smallest absolute Gasteiger partial charge is 0.240 e. The summed E-state index contributed by atoms with van der Waals surface area (Å²) >= 11 is 1.24. The van der Waals surface area contributed by atoms with E-state index >= 15 is 0 Å². The largest absolute Gasteiger partial charge is 0.497 e. The quantitative estimate of drug-likeness (QED) is 0.540. The molecule has 0 radical (unpaired) electrons. The number of halogens is 1. The maximum absolute atomic E-state index is 13.4. The molecule has 0 aliphatic rings. The summed E-state index contributed by atoms with van der Waals surface area (Å²) < 4.78 is 50.1. The molecule has 0 unspecified atom stereocenters.